The molecule has 0 atom stereocenters. The molecule has 0 fully saturated rings. The van der Waals surface area contributed by atoms with E-state index >= 15 is 0 Å². The van der Waals surface area contributed by atoms with Crippen molar-refractivity contribution in [3.8, 4) is 28.6 Å². The molecule has 0 unspecified atom stereocenters. The minimum Gasteiger partial charge on any atom is -0.478 e. The zero-order chi connectivity index (χ0) is 22.9. The van der Waals surface area contributed by atoms with Crippen molar-refractivity contribution in [2.75, 3.05) is 6.61 Å². The first-order valence-electron chi connectivity index (χ1n) is 9.61. The predicted octanol–water partition coefficient (Wildman–Crippen LogP) is 4.45. The maximum Gasteiger partial charge on any atom is 0.574 e. The molecule has 0 aliphatic rings. The number of halogens is 3. The summed E-state index contributed by atoms with van der Waals surface area (Å²) in [6.07, 6.45) is -3.74. The molecule has 4 aromatic rings. The van der Waals surface area contributed by atoms with Crippen LogP contribution in [0.1, 0.15) is 12.5 Å². The molecule has 3 heterocycles. The highest BCUT2D eigenvalue weighted by molar-refractivity contribution is 5.90. The van der Waals surface area contributed by atoms with Crippen molar-refractivity contribution in [3.05, 3.63) is 70.6 Å². The Bertz CT molecular complexity index is 1320. The van der Waals surface area contributed by atoms with Gasteiger partial charge in [0.15, 0.2) is 0 Å². The van der Waals surface area contributed by atoms with Gasteiger partial charge < -0.3 is 9.47 Å². The van der Waals surface area contributed by atoms with Crippen LogP contribution < -0.4 is 15.0 Å². The molecule has 0 aliphatic heterocycles. The molecule has 0 N–H and O–H groups in total. The Morgan fingerprint density at radius 2 is 1.72 bits per heavy atom. The van der Waals surface area contributed by atoms with Crippen LogP contribution in [0.5, 0.6) is 11.8 Å². The molecule has 0 bridgehead atoms. The third kappa shape index (κ3) is 4.39. The van der Waals surface area contributed by atoms with Crippen LogP contribution in [0, 0.1) is 6.92 Å². The predicted molar refractivity (Wildman–Crippen MR) is 111 cm³/mol. The fourth-order valence-corrected chi connectivity index (χ4v) is 3.12. The van der Waals surface area contributed by atoms with Gasteiger partial charge in [-0.15, -0.1) is 13.2 Å². The van der Waals surface area contributed by atoms with Gasteiger partial charge in [0.1, 0.15) is 11.0 Å². The van der Waals surface area contributed by atoms with Gasteiger partial charge in [0, 0.05) is 23.9 Å². The SMILES string of the molecule is CCOc1ccc2nn(-c3ccc(C)cc3)c(=O)c(-c3ccc(OC(F)(F)F)nc3)c2n1. The molecule has 10 heteroatoms. The van der Waals surface area contributed by atoms with Gasteiger partial charge in [0.05, 0.1) is 17.9 Å². The third-order valence-electron chi connectivity index (χ3n) is 4.52. The molecule has 3 aromatic heterocycles. The monoisotopic (exact) mass is 442 g/mol. The summed E-state index contributed by atoms with van der Waals surface area (Å²) in [5.41, 5.74) is 2.07. The van der Waals surface area contributed by atoms with E-state index in [9.17, 15) is 18.0 Å². The summed E-state index contributed by atoms with van der Waals surface area (Å²) in [6, 6.07) is 12.8. The molecule has 7 nitrogen and oxygen atoms in total. The largest absolute Gasteiger partial charge is 0.574 e. The fourth-order valence-electron chi connectivity index (χ4n) is 3.12. The number of hydrogen-bond acceptors (Lipinski definition) is 6. The number of pyridine rings is 2. The van der Waals surface area contributed by atoms with Crippen LogP contribution in [0.4, 0.5) is 13.2 Å². The first-order chi connectivity index (χ1) is 15.2. The molecular weight excluding hydrogens is 425 g/mol. The zero-order valence-electron chi connectivity index (χ0n) is 17.1. The summed E-state index contributed by atoms with van der Waals surface area (Å²) < 4.78 is 47.9. The Balaban J connectivity index is 1.93. The van der Waals surface area contributed by atoms with Crippen LogP contribution in [-0.2, 0) is 0 Å². The van der Waals surface area contributed by atoms with Crippen LogP contribution in [0.15, 0.2) is 59.5 Å². The summed E-state index contributed by atoms with van der Waals surface area (Å²) in [7, 11) is 0. The highest BCUT2D eigenvalue weighted by atomic mass is 19.4. The van der Waals surface area contributed by atoms with Gasteiger partial charge in [-0.2, -0.15) is 9.78 Å². The topological polar surface area (TPSA) is 79.1 Å². The molecule has 0 saturated heterocycles. The van der Waals surface area contributed by atoms with Crippen molar-refractivity contribution in [2.45, 2.75) is 20.2 Å². The lowest BCUT2D eigenvalue weighted by Crippen LogP contribution is -2.24. The molecule has 0 radical (unpaired) electrons. The molecule has 1 aromatic carbocycles. The fraction of sp³-hybridized carbons (Fsp3) is 0.182. The second-order valence-electron chi connectivity index (χ2n) is 6.81. The van der Waals surface area contributed by atoms with Gasteiger partial charge in [-0.1, -0.05) is 17.7 Å². The van der Waals surface area contributed by atoms with Crippen molar-refractivity contribution in [1.82, 2.24) is 19.7 Å². The smallest absolute Gasteiger partial charge is 0.478 e. The molecule has 32 heavy (non-hydrogen) atoms. The highest BCUT2D eigenvalue weighted by Crippen LogP contribution is 2.27. The second kappa shape index (κ2) is 8.29. The molecule has 164 valence electrons. The molecule has 0 spiro atoms. The standard InChI is InChI=1S/C22H17F3N4O3/c1-3-31-18-11-9-16-20(27-18)19(14-6-10-17(26-12-14)32-22(23,24)25)21(30)29(28-16)15-7-4-13(2)5-8-15/h4-12H,3H2,1-2H3. The van der Waals surface area contributed by atoms with Crippen LogP contribution in [0.25, 0.3) is 27.8 Å². The van der Waals surface area contributed by atoms with Crippen molar-refractivity contribution >= 4 is 11.0 Å². The van der Waals surface area contributed by atoms with E-state index < -0.39 is 17.8 Å². The second-order valence-corrected chi connectivity index (χ2v) is 6.81. The third-order valence-corrected chi connectivity index (χ3v) is 4.52. The lowest BCUT2D eigenvalue weighted by molar-refractivity contribution is -0.276. The zero-order valence-corrected chi connectivity index (χ0v) is 17.1. The number of alkyl halides is 3. The van der Waals surface area contributed by atoms with Crippen LogP contribution >= 0.6 is 0 Å². The Morgan fingerprint density at radius 1 is 1.00 bits per heavy atom. The minimum absolute atomic E-state index is 0.128. The van der Waals surface area contributed by atoms with Gasteiger partial charge in [0.2, 0.25) is 11.8 Å². The van der Waals surface area contributed by atoms with E-state index in [1.54, 1.807) is 31.2 Å². The van der Waals surface area contributed by atoms with Gasteiger partial charge in [0.25, 0.3) is 5.56 Å². The maximum atomic E-state index is 13.4. The van der Waals surface area contributed by atoms with Crippen molar-refractivity contribution < 1.29 is 22.6 Å². The minimum atomic E-state index is -4.87. The molecule has 0 saturated carbocycles. The lowest BCUT2D eigenvalue weighted by Gasteiger charge is -2.12. The van der Waals surface area contributed by atoms with E-state index in [1.807, 2.05) is 19.1 Å². The molecule has 4 rings (SSSR count). The van der Waals surface area contributed by atoms with Crippen LogP contribution in [-0.4, -0.2) is 32.7 Å². The average molecular weight is 442 g/mol. The number of aryl methyl sites for hydroxylation is 1. The Labute approximate surface area is 180 Å². The number of ether oxygens (including phenoxy) is 2. The van der Waals surface area contributed by atoms with Crippen molar-refractivity contribution in [3.63, 3.8) is 0 Å². The normalized spacial score (nSPS) is 11.5. The van der Waals surface area contributed by atoms with Crippen LogP contribution in [0.3, 0.4) is 0 Å². The number of hydrogen-bond donors (Lipinski definition) is 0. The Morgan fingerprint density at radius 3 is 2.34 bits per heavy atom. The lowest BCUT2D eigenvalue weighted by atomic mass is 10.1. The highest BCUT2D eigenvalue weighted by Gasteiger charge is 2.31. The summed E-state index contributed by atoms with van der Waals surface area (Å²) in [5.74, 6) is -0.345. The Hall–Kier alpha value is -3.95. The van der Waals surface area contributed by atoms with Gasteiger partial charge in [-0.25, -0.2) is 9.97 Å². The average Bonchev–Trinajstić information content (AvgIpc) is 2.74. The van der Waals surface area contributed by atoms with E-state index in [4.69, 9.17) is 4.74 Å². The summed E-state index contributed by atoms with van der Waals surface area (Å²) in [4.78, 5) is 21.5. The number of benzene rings is 1. The number of fused-ring (bicyclic) bond motifs is 1. The van der Waals surface area contributed by atoms with Gasteiger partial charge in [-0.05, 0) is 38.1 Å². The quantitative estimate of drug-likeness (QED) is 0.455. The first-order valence-corrected chi connectivity index (χ1v) is 9.61. The maximum absolute atomic E-state index is 13.4. The van der Waals surface area contributed by atoms with Crippen molar-refractivity contribution in [1.29, 1.82) is 0 Å². The molecular formula is C22H17F3N4O3. The summed E-state index contributed by atoms with van der Waals surface area (Å²) in [5, 5.41) is 4.42. The van der Waals surface area contributed by atoms with E-state index in [0.29, 0.717) is 23.7 Å². The van der Waals surface area contributed by atoms with E-state index in [-0.39, 0.29) is 16.6 Å². The van der Waals surface area contributed by atoms with E-state index in [0.717, 1.165) is 17.8 Å². The van der Waals surface area contributed by atoms with E-state index in [1.165, 1.54) is 10.7 Å². The number of nitrogens with zero attached hydrogens (tertiary/aromatic N) is 4. The molecule has 0 aliphatic carbocycles. The van der Waals surface area contributed by atoms with Gasteiger partial charge in [-0.3, -0.25) is 4.79 Å². The van der Waals surface area contributed by atoms with E-state index in [2.05, 4.69) is 19.8 Å². The summed E-state index contributed by atoms with van der Waals surface area (Å²) in [6.45, 7) is 4.08. The number of rotatable bonds is 5. The van der Waals surface area contributed by atoms with Gasteiger partial charge >= 0.3 is 6.36 Å². The Kier molecular flexibility index (Phi) is 5.52. The summed E-state index contributed by atoms with van der Waals surface area (Å²) >= 11 is 0. The van der Waals surface area contributed by atoms with Crippen molar-refractivity contribution in [2.24, 2.45) is 0 Å². The number of aromatic nitrogens is 4. The molecule has 0 amide bonds. The van der Waals surface area contributed by atoms with Crippen LogP contribution in [0.2, 0.25) is 0 Å². The first kappa shape index (κ1) is 21.3.